The maximum absolute atomic E-state index is 12.3. The third kappa shape index (κ3) is 4.30. The van der Waals surface area contributed by atoms with Gasteiger partial charge in [0.1, 0.15) is 0 Å². The third-order valence-electron chi connectivity index (χ3n) is 4.01. The minimum atomic E-state index is -0.129. The van der Waals surface area contributed by atoms with E-state index in [2.05, 4.69) is 30.1 Å². The maximum atomic E-state index is 12.3. The summed E-state index contributed by atoms with van der Waals surface area (Å²) in [5, 5.41) is 11.9. The van der Waals surface area contributed by atoms with E-state index < -0.39 is 0 Å². The first-order chi connectivity index (χ1) is 10.6. The first-order valence-corrected chi connectivity index (χ1v) is 7.72. The lowest BCUT2D eigenvalue weighted by atomic mass is 10.0. The number of ether oxygens (including phenoxy) is 1. The van der Waals surface area contributed by atoms with Crippen LogP contribution < -0.4 is 5.32 Å². The van der Waals surface area contributed by atoms with Gasteiger partial charge in [0, 0.05) is 31.2 Å². The van der Waals surface area contributed by atoms with Crippen LogP contribution in [-0.2, 0) is 4.74 Å². The van der Waals surface area contributed by atoms with Gasteiger partial charge in [0.2, 0.25) is 0 Å². The number of nitriles is 1. The average Bonchev–Trinajstić information content (AvgIpc) is 2.55. The SMILES string of the molecule is CC(C)C(CNC(=O)c1cccc(C#N)c1)N1CCOCC1. The highest BCUT2D eigenvalue weighted by Gasteiger charge is 2.24. The zero-order chi connectivity index (χ0) is 15.9. The van der Waals surface area contributed by atoms with Gasteiger partial charge < -0.3 is 10.1 Å². The number of hydrogen-bond donors (Lipinski definition) is 1. The second-order valence-corrected chi connectivity index (χ2v) is 5.86. The molecule has 1 aromatic rings. The van der Waals surface area contributed by atoms with E-state index in [1.54, 1.807) is 24.3 Å². The van der Waals surface area contributed by atoms with Crippen LogP contribution in [0.3, 0.4) is 0 Å². The Bertz CT molecular complexity index is 545. The van der Waals surface area contributed by atoms with Crippen LogP contribution in [0.4, 0.5) is 0 Å². The lowest BCUT2D eigenvalue weighted by Gasteiger charge is -2.36. The van der Waals surface area contributed by atoms with E-state index in [-0.39, 0.29) is 5.91 Å². The maximum Gasteiger partial charge on any atom is 0.251 e. The molecule has 0 radical (unpaired) electrons. The summed E-state index contributed by atoms with van der Waals surface area (Å²) in [5.74, 6) is 0.319. The van der Waals surface area contributed by atoms with Gasteiger partial charge in [0.05, 0.1) is 24.8 Å². The summed E-state index contributed by atoms with van der Waals surface area (Å²) >= 11 is 0. The molecule has 1 unspecified atom stereocenters. The van der Waals surface area contributed by atoms with E-state index in [0.29, 0.717) is 29.6 Å². The zero-order valence-corrected chi connectivity index (χ0v) is 13.2. The first kappa shape index (κ1) is 16.5. The van der Waals surface area contributed by atoms with E-state index >= 15 is 0 Å². The predicted molar refractivity (Wildman–Crippen MR) is 84.5 cm³/mol. The molecule has 0 aliphatic carbocycles. The summed E-state index contributed by atoms with van der Waals surface area (Å²) in [4.78, 5) is 14.6. The average molecular weight is 301 g/mol. The molecule has 1 N–H and O–H groups in total. The Labute approximate surface area is 131 Å². The minimum Gasteiger partial charge on any atom is -0.379 e. The standard InChI is InChI=1S/C17H23N3O2/c1-13(2)16(20-6-8-22-9-7-20)12-19-17(21)15-5-3-4-14(10-15)11-18/h3-5,10,13,16H,6-9,12H2,1-2H3,(H,19,21). The fourth-order valence-corrected chi connectivity index (χ4v) is 2.72. The van der Waals surface area contributed by atoms with Crippen LogP contribution in [0, 0.1) is 17.2 Å². The van der Waals surface area contributed by atoms with Crippen molar-refractivity contribution in [3.05, 3.63) is 35.4 Å². The van der Waals surface area contributed by atoms with Crippen LogP contribution in [0.5, 0.6) is 0 Å². The fraction of sp³-hybridized carbons (Fsp3) is 0.529. The van der Waals surface area contributed by atoms with Gasteiger partial charge in [-0.25, -0.2) is 0 Å². The Morgan fingerprint density at radius 2 is 2.14 bits per heavy atom. The van der Waals surface area contributed by atoms with Crippen LogP contribution in [0.15, 0.2) is 24.3 Å². The molecule has 1 atom stereocenters. The lowest BCUT2D eigenvalue weighted by Crippen LogP contribution is -2.51. The number of nitrogens with one attached hydrogen (secondary N) is 1. The molecule has 0 bridgehead atoms. The Hall–Kier alpha value is -1.90. The number of carbonyl (C=O) groups is 1. The molecule has 5 nitrogen and oxygen atoms in total. The molecule has 1 saturated heterocycles. The number of hydrogen-bond acceptors (Lipinski definition) is 4. The molecule has 118 valence electrons. The van der Waals surface area contributed by atoms with Crippen molar-refractivity contribution in [2.24, 2.45) is 5.92 Å². The third-order valence-corrected chi connectivity index (χ3v) is 4.01. The van der Waals surface area contributed by atoms with E-state index in [0.717, 1.165) is 26.3 Å². The van der Waals surface area contributed by atoms with Crippen LogP contribution in [-0.4, -0.2) is 49.7 Å². The largest absolute Gasteiger partial charge is 0.379 e. The van der Waals surface area contributed by atoms with E-state index in [1.165, 1.54) is 0 Å². The summed E-state index contributed by atoms with van der Waals surface area (Å²) < 4.78 is 5.39. The molecule has 2 rings (SSSR count). The number of rotatable bonds is 5. The zero-order valence-electron chi connectivity index (χ0n) is 13.2. The summed E-state index contributed by atoms with van der Waals surface area (Å²) in [6.45, 7) is 8.26. The topological polar surface area (TPSA) is 65.4 Å². The van der Waals surface area contributed by atoms with Crippen molar-refractivity contribution < 1.29 is 9.53 Å². The van der Waals surface area contributed by atoms with Gasteiger partial charge in [-0.2, -0.15) is 5.26 Å². The Morgan fingerprint density at radius 1 is 1.41 bits per heavy atom. The molecular formula is C17H23N3O2. The Morgan fingerprint density at radius 3 is 2.77 bits per heavy atom. The van der Waals surface area contributed by atoms with Gasteiger partial charge in [-0.3, -0.25) is 9.69 Å². The quantitative estimate of drug-likeness (QED) is 0.898. The number of carbonyl (C=O) groups excluding carboxylic acids is 1. The molecule has 1 aliphatic rings. The van der Waals surface area contributed by atoms with Crippen molar-refractivity contribution in [2.75, 3.05) is 32.8 Å². The number of benzene rings is 1. The van der Waals surface area contributed by atoms with Crippen LogP contribution in [0.1, 0.15) is 29.8 Å². The summed E-state index contributed by atoms with van der Waals surface area (Å²) in [6, 6.07) is 9.13. The van der Waals surface area contributed by atoms with Crippen LogP contribution in [0.25, 0.3) is 0 Å². The summed E-state index contributed by atoms with van der Waals surface area (Å²) in [7, 11) is 0. The van der Waals surface area contributed by atoms with Crippen LogP contribution in [0.2, 0.25) is 0 Å². The Balaban J connectivity index is 1.96. The van der Waals surface area contributed by atoms with Crippen molar-refractivity contribution >= 4 is 5.91 Å². The number of nitrogens with zero attached hydrogens (tertiary/aromatic N) is 2. The molecule has 1 amide bonds. The van der Waals surface area contributed by atoms with Crippen molar-refractivity contribution in [1.29, 1.82) is 5.26 Å². The van der Waals surface area contributed by atoms with Gasteiger partial charge in [-0.15, -0.1) is 0 Å². The van der Waals surface area contributed by atoms with E-state index in [4.69, 9.17) is 10.00 Å². The minimum absolute atomic E-state index is 0.129. The fourth-order valence-electron chi connectivity index (χ4n) is 2.72. The molecule has 5 heteroatoms. The van der Waals surface area contributed by atoms with Gasteiger partial charge in [-0.05, 0) is 24.1 Å². The first-order valence-electron chi connectivity index (χ1n) is 7.72. The molecule has 1 aromatic carbocycles. The monoisotopic (exact) mass is 301 g/mol. The predicted octanol–water partition coefficient (Wildman–Crippen LogP) is 1.64. The summed E-state index contributed by atoms with van der Waals surface area (Å²) in [6.07, 6.45) is 0. The second kappa shape index (κ2) is 7.92. The van der Waals surface area contributed by atoms with Gasteiger partial charge in [-0.1, -0.05) is 19.9 Å². The smallest absolute Gasteiger partial charge is 0.251 e. The summed E-state index contributed by atoms with van der Waals surface area (Å²) in [5.41, 5.74) is 1.03. The normalized spacial score (nSPS) is 17.0. The van der Waals surface area contributed by atoms with Crippen molar-refractivity contribution in [3.63, 3.8) is 0 Å². The molecule has 1 fully saturated rings. The molecular weight excluding hydrogens is 278 g/mol. The number of amides is 1. The molecule has 0 saturated carbocycles. The molecule has 0 aromatic heterocycles. The number of morpholine rings is 1. The van der Waals surface area contributed by atoms with Gasteiger partial charge in [0.15, 0.2) is 0 Å². The molecule has 0 spiro atoms. The van der Waals surface area contributed by atoms with Crippen molar-refractivity contribution in [2.45, 2.75) is 19.9 Å². The van der Waals surface area contributed by atoms with Gasteiger partial charge in [0.25, 0.3) is 5.91 Å². The highest BCUT2D eigenvalue weighted by atomic mass is 16.5. The van der Waals surface area contributed by atoms with Crippen LogP contribution >= 0.6 is 0 Å². The highest BCUT2D eigenvalue weighted by molar-refractivity contribution is 5.94. The second-order valence-electron chi connectivity index (χ2n) is 5.86. The van der Waals surface area contributed by atoms with E-state index in [1.807, 2.05) is 0 Å². The van der Waals surface area contributed by atoms with Crippen molar-refractivity contribution in [1.82, 2.24) is 10.2 Å². The highest BCUT2D eigenvalue weighted by Crippen LogP contribution is 2.12. The molecule has 22 heavy (non-hydrogen) atoms. The molecule has 1 aliphatic heterocycles. The lowest BCUT2D eigenvalue weighted by molar-refractivity contribution is 0.00673. The molecule has 1 heterocycles. The van der Waals surface area contributed by atoms with E-state index in [9.17, 15) is 4.79 Å². The van der Waals surface area contributed by atoms with Gasteiger partial charge >= 0.3 is 0 Å². The Kier molecular flexibility index (Phi) is 5.93. The van der Waals surface area contributed by atoms with Crippen molar-refractivity contribution in [3.8, 4) is 6.07 Å².